The lowest BCUT2D eigenvalue weighted by Gasteiger charge is -2.28. The molecule has 0 fully saturated rings. The average molecular weight is 292 g/mol. The topological polar surface area (TPSA) is 20.2 Å². The second kappa shape index (κ2) is 7.18. The van der Waals surface area contributed by atoms with Crippen molar-refractivity contribution >= 4 is 0 Å². The van der Waals surface area contributed by atoms with Crippen LogP contribution in [-0.4, -0.2) is 5.11 Å². The summed E-state index contributed by atoms with van der Waals surface area (Å²) in [6, 6.07) is 16.1. The summed E-state index contributed by atoms with van der Waals surface area (Å²) in [4.78, 5) is 0. The number of hydrogen-bond acceptors (Lipinski definition) is 1. The van der Waals surface area contributed by atoms with Crippen LogP contribution < -0.4 is 0 Å². The largest absolute Gasteiger partial charge is 0.508 e. The molecule has 0 aliphatic heterocycles. The van der Waals surface area contributed by atoms with Crippen LogP contribution in [0.3, 0.4) is 0 Å². The lowest BCUT2D eigenvalue weighted by atomic mass is 9.74. The minimum Gasteiger partial charge on any atom is -0.508 e. The van der Waals surface area contributed by atoms with Gasteiger partial charge in [0.15, 0.2) is 0 Å². The van der Waals surface area contributed by atoms with Gasteiger partial charge in [0.2, 0.25) is 0 Å². The molecular weight excluding hydrogens is 268 g/mol. The van der Waals surface area contributed by atoms with Gasteiger partial charge in [-0.3, -0.25) is 0 Å². The van der Waals surface area contributed by atoms with Crippen molar-refractivity contribution < 1.29 is 5.11 Å². The highest BCUT2D eigenvalue weighted by molar-refractivity contribution is 5.36. The smallest absolute Gasteiger partial charge is 0.115 e. The van der Waals surface area contributed by atoms with Crippen LogP contribution in [-0.2, 0) is 11.8 Å². The van der Waals surface area contributed by atoms with E-state index in [9.17, 15) is 5.11 Å². The van der Waals surface area contributed by atoms with Gasteiger partial charge in [-0.1, -0.05) is 54.8 Å². The summed E-state index contributed by atoms with van der Waals surface area (Å²) >= 11 is 0. The Labute approximate surface area is 134 Å². The molecular formula is C21H24O. The number of terminal acetylenes is 1. The molecule has 22 heavy (non-hydrogen) atoms. The third-order valence-corrected chi connectivity index (χ3v) is 4.46. The van der Waals surface area contributed by atoms with E-state index < -0.39 is 0 Å². The van der Waals surface area contributed by atoms with Gasteiger partial charge in [0, 0.05) is 0 Å². The molecule has 2 aromatic rings. The van der Waals surface area contributed by atoms with E-state index in [2.05, 4.69) is 50.1 Å². The van der Waals surface area contributed by atoms with Crippen LogP contribution in [0.1, 0.15) is 42.9 Å². The number of benzene rings is 2. The molecule has 0 saturated carbocycles. The minimum atomic E-state index is -0.190. The molecule has 1 atom stereocenters. The molecule has 1 unspecified atom stereocenters. The van der Waals surface area contributed by atoms with Gasteiger partial charge in [0.25, 0.3) is 0 Å². The number of phenolic OH excluding ortho intramolecular Hbond substituents is 1. The normalized spacial score (nSPS) is 13.3. The Balaban J connectivity index is 2.09. The van der Waals surface area contributed by atoms with E-state index in [0.29, 0.717) is 5.75 Å². The van der Waals surface area contributed by atoms with Crippen molar-refractivity contribution in [3.05, 3.63) is 65.2 Å². The molecule has 2 rings (SSSR count). The highest BCUT2D eigenvalue weighted by atomic mass is 16.3. The third kappa shape index (κ3) is 3.71. The molecule has 114 valence electrons. The molecule has 1 nitrogen and oxygen atoms in total. The molecule has 0 aliphatic rings. The van der Waals surface area contributed by atoms with Gasteiger partial charge in [0.1, 0.15) is 5.75 Å². The maximum Gasteiger partial charge on any atom is 0.115 e. The monoisotopic (exact) mass is 292 g/mol. The van der Waals surface area contributed by atoms with Crippen molar-refractivity contribution in [2.45, 2.75) is 44.9 Å². The van der Waals surface area contributed by atoms with E-state index in [4.69, 9.17) is 6.42 Å². The fourth-order valence-electron chi connectivity index (χ4n) is 2.96. The molecule has 2 aromatic carbocycles. The SMILES string of the molecule is C#CC(CC)(CCCc1cccc(O)c1)c1ccc(C)cc1. The van der Waals surface area contributed by atoms with Crippen LogP contribution in [0.25, 0.3) is 0 Å². The first-order valence-corrected chi connectivity index (χ1v) is 7.92. The van der Waals surface area contributed by atoms with Crippen LogP contribution in [0, 0.1) is 19.3 Å². The second-order valence-electron chi connectivity index (χ2n) is 5.97. The number of rotatable bonds is 6. The lowest BCUT2D eigenvalue weighted by Crippen LogP contribution is -2.23. The minimum absolute atomic E-state index is 0.190. The average Bonchev–Trinajstić information content (AvgIpc) is 2.53. The van der Waals surface area contributed by atoms with E-state index in [1.165, 1.54) is 11.1 Å². The molecule has 0 aromatic heterocycles. The maximum absolute atomic E-state index is 9.54. The van der Waals surface area contributed by atoms with E-state index in [1.54, 1.807) is 6.07 Å². The van der Waals surface area contributed by atoms with E-state index in [1.807, 2.05) is 12.1 Å². The summed E-state index contributed by atoms with van der Waals surface area (Å²) in [5.41, 5.74) is 3.46. The molecule has 0 aliphatic carbocycles. The summed E-state index contributed by atoms with van der Waals surface area (Å²) in [7, 11) is 0. The molecule has 1 heteroatoms. The molecule has 0 saturated heterocycles. The fraction of sp³-hybridized carbons (Fsp3) is 0.333. The summed E-state index contributed by atoms with van der Waals surface area (Å²) in [5, 5.41) is 9.54. The van der Waals surface area contributed by atoms with E-state index >= 15 is 0 Å². The molecule has 0 radical (unpaired) electrons. The Hall–Kier alpha value is -2.20. The van der Waals surface area contributed by atoms with Gasteiger partial charge in [-0.25, -0.2) is 0 Å². The summed E-state index contributed by atoms with van der Waals surface area (Å²) in [6.07, 6.45) is 9.74. The Morgan fingerprint density at radius 2 is 1.86 bits per heavy atom. The number of phenols is 1. The van der Waals surface area contributed by atoms with Crippen molar-refractivity contribution in [3.63, 3.8) is 0 Å². The first-order valence-electron chi connectivity index (χ1n) is 7.92. The number of aryl methyl sites for hydroxylation is 2. The zero-order valence-corrected chi connectivity index (χ0v) is 13.5. The molecule has 0 spiro atoms. The van der Waals surface area contributed by atoms with Gasteiger partial charge < -0.3 is 5.11 Å². The molecule has 0 amide bonds. The van der Waals surface area contributed by atoms with Gasteiger partial charge in [0.05, 0.1) is 5.41 Å². The second-order valence-corrected chi connectivity index (χ2v) is 5.97. The fourth-order valence-corrected chi connectivity index (χ4v) is 2.96. The first kappa shape index (κ1) is 16.2. The Bertz CT molecular complexity index is 648. The van der Waals surface area contributed by atoms with Crippen molar-refractivity contribution in [1.29, 1.82) is 0 Å². The van der Waals surface area contributed by atoms with E-state index in [-0.39, 0.29) is 5.41 Å². The lowest BCUT2D eigenvalue weighted by molar-refractivity contribution is 0.468. The summed E-state index contributed by atoms with van der Waals surface area (Å²) < 4.78 is 0. The van der Waals surface area contributed by atoms with E-state index in [0.717, 1.165) is 31.2 Å². The van der Waals surface area contributed by atoms with Crippen molar-refractivity contribution in [1.82, 2.24) is 0 Å². The van der Waals surface area contributed by atoms with Crippen molar-refractivity contribution in [2.24, 2.45) is 0 Å². The zero-order chi connectivity index (χ0) is 16.0. The molecule has 0 heterocycles. The van der Waals surface area contributed by atoms with Crippen LogP contribution in [0.5, 0.6) is 5.75 Å². The number of aromatic hydroxyl groups is 1. The van der Waals surface area contributed by atoms with Crippen molar-refractivity contribution in [3.8, 4) is 18.1 Å². The first-order chi connectivity index (χ1) is 10.6. The van der Waals surface area contributed by atoms with Gasteiger partial charge in [-0.2, -0.15) is 0 Å². The summed E-state index contributed by atoms with van der Waals surface area (Å²) in [6.45, 7) is 4.25. The molecule has 0 bridgehead atoms. The van der Waals surface area contributed by atoms with Crippen LogP contribution in [0.4, 0.5) is 0 Å². The van der Waals surface area contributed by atoms with Crippen molar-refractivity contribution in [2.75, 3.05) is 0 Å². The summed E-state index contributed by atoms with van der Waals surface area (Å²) in [5.74, 6) is 3.38. The quantitative estimate of drug-likeness (QED) is 0.742. The number of hydrogen-bond donors (Lipinski definition) is 1. The Kier molecular flexibility index (Phi) is 5.28. The third-order valence-electron chi connectivity index (χ3n) is 4.46. The predicted octanol–water partition coefficient (Wildman–Crippen LogP) is 5.00. The van der Waals surface area contributed by atoms with Gasteiger partial charge in [-0.05, 0) is 55.9 Å². The van der Waals surface area contributed by atoms with Gasteiger partial charge in [-0.15, -0.1) is 6.42 Å². The van der Waals surface area contributed by atoms with Crippen LogP contribution in [0.2, 0.25) is 0 Å². The van der Waals surface area contributed by atoms with Crippen LogP contribution in [0.15, 0.2) is 48.5 Å². The predicted molar refractivity (Wildman–Crippen MR) is 93.0 cm³/mol. The van der Waals surface area contributed by atoms with Crippen LogP contribution >= 0.6 is 0 Å². The highest BCUT2D eigenvalue weighted by Crippen LogP contribution is 2.33. The molecule has 1 N–H and O–H groups in total. The zero-order valence-electron chi connectivity index (χ0n) is 13.5. The maximum atomic E-state index is 9.54. The highest BCUT2D eigenvalue weighted by Gasteiger charge is 2.27. The Morgan fingerprint density at radius 3 is 2.45 bits per heavy atom. The Morgan fingerprint density at radius 1 is 1.14 bits per heavy atom. The van der Waals surface area contributed by atoms with Gasteiger partial charge >= 0.3 is 0 Å². The standard InChI is InChI=1S/C21H24O/c1-4-21(5-2,19-13-11-17(3)12-14-19)15-7-9-18-8-6-10-20(22)16-18/h1,6,8,10-14,16,22H,5,7,9,15H2,2-3H3.